The van der Waals surface area contributed by atoms with Gasteiger partial charge in [-0.1, -0.05) is 27.7 Å². The normalized spacial score (nSPS) is 16.8. The zero-order valence-electron chi connectivity index (χ0n) is 11.2. The topological polar surface area (TPSA) is 29.3 Å². The van der Waals surface area contributed by atoms with Gasteiger partial charge in [-0.05, 0) is 25.1 Å². The predicted molar refractivity (Wildman–Crippen MR) is 72.5 cm³/mol. The minimum atomic E-state index is 0.259. The van der Waals surface area contributed by atoms with Crippen molar-refractivity contribution in [3.05, 3.63) is 0 Å². The van der Waals surface area contributed by atoms with Crippen LogP contribution in [0.3, 0.4) is 0 Å². The molecule has 2 unspecified atom stereocenters. The monoisotopic (exact) mass is 232 g/mol. The molecule has 0 saturated carbocycles. The van der Waals surface area contributed by atoms with Crippen molar-refractivity contribution in [1.82, 2.24) is 4.90 Å². The highest BCUT2D eigenvalue weighted by Gasteiger charge is 2.30. The van der Waals surface area contributed by atoms with Crippen molar-refractivity contribution in [3.63, 3.8) is 0 Å². The Hall–Kier alpha value is 0.270. The van der Waals surface area contributed by atoms with Gasteiger partial charge >= 0.3 is 0 Å². The van der Waals surface area contributed by atoms with Gasteiger partial charge in [-0.2, -0.15) is 11.8 Å². The van der Waals surface area contributed by atoms with Gasteiger partial charge in [0, 0.05) is 24.4 Å². The lowest BCUT2D eigenvalue weighted by Gasteiger charge is -2.41. The lowest BCUT2D eigenvalue weighted by atomic mass is 9.85. The van der Waals surface area contributed by atoms with Crippen LogP contribution in [-0.4, -0.2) is 42.6 Å². The highest BCUT2D eigenvalue weighted by molar-refractivity contribution is 7.98. The van der Waals surface area contributed by atoms with Crippen LogP contribution in [0.2, 0.25) is 0 Å². The number of hydrogen-bond donors (Lipinski definition) is 1. The van der Waals surface area contributed by atoms with Gasteiger partial charge in [0.05, 0.1) is 0 Å². The first-order valence-corrected chi connectivity index (χ1v) is 7.18. The van der Waals surface area contributed by atoms with E-state index in [2.05, 4.69) is 45.9 Å². The Balaban J connectivity index is 4.54. The highest BCUT2D eigenvalue weighted by Crippen LogP contribution is 2.25. The molecule has 0 amide bonds. The molecule has 0 heterocycles. The predicted octanol–water partition coefficient (Wildman–Crippen LogP) is 2.43. The number of nitrogens with zero attached hydrogens (tertiary/aromatic N) is 1. The molecule has 0 bridgehead atoms. The van der Waals surface area contributed by atoms with Gasteiger partial charge in [-0.3, -0.25) is 4.90 Å². The van der Waals surface area contributed by atoms with E-state index in [0.29, 0.717) is 12.1 Å². The van der Waals surface area contributed by atoms with Crippen molar-refractivity contribution in [1.29, 1.82) is 0 Å². The minimum Gasteiger partial charge on any atom is -0.329 e. The van der Waals surface area contributed by atoms with E-state index < -0.39 is 0 Å². The maximum Gasteiger partial charge on any atom is 0.0267 e. The quantitative estimate of drug-likeness (QED) is 0.763. The van der Waals surface area contributed by atoms with Gasteiger partial charge in [0.2, 0.25) is 0 Å². The average Bonchev–Trinajstić information content (AvgIpc) is 2.12. The second-order valence-corrected chi connectivity index (χ2v) is 6.21. The second kappa shape index (κ2) is 6.77. The molecule has 0 aliphatic rings. The van der Waals surface area contributed by atoms with Crippen LogP contribution < -0.4 is 5.73 Å². The number of thioether (sulfide) groups is 1. The number of hydrogen-bond acceptors (Lipinski definition) is 3. The molecule has 15 heavy (non-hydrogen) atoms. The fourth-order valence-corrected chi connectivity index (χ4v) is 2.96. The highest BCUT2D eigenvalue weighted by atomic mass is 32.2. The van der Waals surface area contributed by atoms with Crippen molar-refractivity contribution in [2.45, 2.75) is 46.2 Å². The molecule has 0 aromatic heterocycles. The molecular formula is C12H28N2S. The van der Waals surface area contributed by atoms with E-state index in [0.717, 1.165) is 6.54 Å². The molecule has 0 saturated heterocycles. The van der Waals surface area contributed by atoms with Gasteiger partial charge in [0.15, 0.2) is 0 Å². The first-order valence-electron chi connectivity index (χ1n) is 5.79. The second-order valence-electron chi connectivity index (χ2n) is 5.30. The molecule has 2 atom stereocenters. The molecule has 0 aliphatic carbocycles. The standard InChI is InChI=1S/C12H28N2S/c1-7-10(9-15-6)14(5)11(8-13)12(2,3)4/h10-11H,7-9,13H2,1-6H3. The summed E-state index contributed by atoms with van der Waals surface area (Å²) >= 11 is 1.92. The summed E-state index contributed by atoms with van der Waals surface area (Å²) in [5.74, 6) is 1.19. The van der Waals surface area contributed by atoms with Crippen LogP contribution in [0.5, 0.6) is 0 Å². The van der Waals surface area contributed by atoms with Crippen molar-refractivity contribution in [2.24, 2.45) is 11.1 Å². The summed E-state index contributed by atoms with van der Waals surface area (Å²) in [5, 5.41) is 0. The summed E-state index contributed by atoms with van der Waals surface area (Å²) < 4.78 is 0. The third-order valence-corrected chi connectivity index (χ3v) is 3.84. The van der Waals surface area contributed by atoms with Gasteiger partial charge in [-0.25, -0.2) is 0 Å². The number of rotatable bonds is 6. The smallest absolute Gasteiger partial charge is 0.0267 e. The molecule has 2 nitrogen and oxygen atoms in total. The molecular weight excluding hydrogens is 204 g/mol. The maximum absolute atomic E-state index is 5.90. The van der Waals surface area contributed by atoms with Gasteiger partial charge in [0.25, 0.3) is 0 Å². The Morgan fingerprint density at radius 3 is 2.13 bits per heavy atom. The van der Waals surface area contributed by atoms with Crippen LogP contribution in [0, 0.1) is 5.41 Å². The van der Waals surface area contributed by atoms with Crippen molar-refractivity contribution in [3.8, 4) is 0 Å². The van der Waals surface area contributed by atoms with E-state index in [1.165, 1.54) is 12.2 Å². The Kier molecular flexibility index (Phi) is 6.89. The van der Waals surface area contributed by atoms with Crippen LogP contribution in [0.15, 0.2) is 0 Å². The molecule has 0 radical (unpaired) electrons. The molecule has 0 aliphatic heterocycles. The van der Waals surface area contributed by atoms with Crippen molar-refractivity contribution >= 4 is 11.8 Å². The number of nitrogens with two attached hydrogens (primary N) is 1. The summed E-state index contributed by atoms with van der Waals surface area (Å²) in [6, 6.07) is 1.11. The summed E-state index contributed by atoms with van der Waals surface area (Å²) in [6.07, 6.45) is 3.37. The Labute approximate surface area is 100.0 Å². The first-order chi connectivity index (χ1) is 6.88. The lowest BCUT2D eigenvalue weighted by Crippen LogP contribution is -2.51. The van der Waals surface area contributed by atoms with Crippen molar-refractivity contribution < 1.29 is 0 Å². The van der Waals surface area contributed by atoms with E-state index in [-0.39, 0.29) is 5.41 Å². The van der Waals surface area contributed by atoms with Gasteiger partial charge in [-0.15, -0.1) is 0 Å². The largest absolute Gasteiger partial charge is 0.329 e. The fraction of sp³-hybridized carbons (Fsp3) is 1.00. The van der Waals surface area contributed by atoms with Gasteiger partial charge in [0.1, 0.15) is 0 Å². The van der Waals surface area contributed by atoms with E-state index in [1.807, 2.05) is 11.8 Å². The van der Waals surface area contributed by atoms with Crippen LogP contribution >= 0.6 is 11.8 Å². The summed E-state index contributed by atoms with van der Waals surface area (Å²) in [7, 11) is 2.22. The van der Waals surface area contributed by atoms with E-state index in [9.17, 15) is 0 Å². The first kappa shape index (κ1) is 15.3. The molecule has 0 spiro atoms. The van der Waals surface area contributed by atoms with Crippen molar-refractivity contribution in [2.75, 3.05) is 25.6 Å². The average molecular weight is 232 g/mol. The molecule has 92 valence electrons. The third-order valence-electron chi connectivity index (χ3n) is 3.12. The van der Waals surface area contributed by atoms with E-state index >= 15 is 0 Å². The van der Waals surface area contributed by atoms with E-state index in [4.69, 9.17) is 5.73 Å². The Morgan fingerprint density at radius 2 is 1.87 bits per heavy atom. The van der Waals surface area contributed by atoms with E-state index in [1.54, 1.807) is 0 Å². The Bertz CT molecular complexity index is 165. The third kappa shape index (κ3) is 4.75. The molecule has 2 N–H and O–H groups in total. The zero-order valence-corrected chi connectivity index (χ0v) is 12.0. The summed E-state index contributed by atoms with van der Waals surface area (Å²) in [4.78, 5) is 2.47. The zero-order chi connectivity index (χ0) is 12.1. The SMILES string of the molecule is CCC(CSC)N(C)C(CN)C(C)(C)C. The molecule has 0 aromatic carbocycles. The summed E-state index contributed by atoms with van der Waals surface area (Å²) in [5.41, 5.74) is 6.16. The Morgan fingerprint density at radius 1 is 1.33 bits per heavy atom. The van der Waals surface area contributed by atoms with Crippen LogP contribution in [-0.2, 0) is 0 Å². The minimum absolute atomic E-state index is 0.259. The molecule has 0 fully saturated rings. The maximum atomic E-state index is 5.90. The van der Waals surface area contributed by atoms with Crippen LogP contribution in [0.1, 0.15) is 34.1 Å². The fourth-order valence-electron chi connectivity index (χ4n) is 2.10. The van der Waals surface area contributed by atoms with Gasteiger partial charge < -0.3 is 5.73 Å². The van der Waals surface area contributed by atoms with Crippen LogP contribution in [0.25, 0.3) is 0 Å². The van der Waals surface area contributed by atoms with Crippen LogP contribution in [0.4, 0.5) is 0 Å². The molecule has 0 rings (SSSR count). The molecule has 3 heteroatoms. The summed E-state index contributed by atoms with van der Waals surface area (Å²) in [6.45, 7) is 9.81. The molecule has 0 aromatic rings. The lowest BCUT2D eigenvalue weighted by molar-refractivity contribution is 0.0968. The number of likely N-dealkylation sites (N-methyl/N-ethyl adjacent to an activating group) is 1.